The molecule has 29 heavy (non-hydrogen) atoms. The highest BCUT2D eigenvalue weighted by Gasteiger charge is 2.19. The molecule has 9 heteroatoms. The lowest BCUT2D eigenvalue weighted by Gasteiger charge is -2.34. The molecule has 2 aromatic rings. The first kappa shape index (κ1) is 23.0. The number of carbonyl (C=O) groups excluding carboxylic acids is 1. The normalized spacial score (nSPS) is 15.5. The molecule has 0 saturated carbocycles. The molecule has 158 valence electrons. The van der Waals surface area contributed by atoms with Gasteiger partial charge in [0.2, 0.25) is 11.9 Å². The van der Waals surface area contributed by atoms with Crippen LogP contribution in [0.15, 0.2) is 36.7 Å². The van der Waals surface area contributed by atoms with E-state index in [0.29, 0.717) is 5.95 Å². The summed E-state index contributed by atoms with van der Waals surface area (Å²) in [5.74, 6) is -0.254. The van der Waals surface area contributed by atoms with E-state index in [-0.39, 0.29) is 30.2 Å². The summed E-state index contributed by atoms with van der Waals surface area (Å²) < 4.78 is 26.1. The number of benzene rings is 1. The summed E-state index contributed by atoms with van der Waals surface area (Å²) in [7, 11) is 0. The number of anilines is 1. The minimum Gasteiger partial charge on any atom is -0.350 e. The van der Waals surface area contributed by atoms with Crippen molar-refractivity contribution >= 4 is 24.3 Å². The van der Waals surface area contributed by atoms with Crippen LogP contribution < -0.4 is 10.2 Å². The Morgan fingerprint density at radius 3 is 2.28 bits per heavy atom. The van der Waals surface area contributed by atoms with Gasteiger partial charge < -0.3 is 10.2 Å². The Bertz CT molecular complexity index is 767. The van der Waals surface area contributed by atoms with E-state index in [1.165, 1.54) is 31.5 Å². The van der Waals surface area contributed by atoms with Crippen LogP contribution in [0.1, 0.15) is 31.4 Å². The van der Waals surface area contributed by atoms with E-state index in [1.54, 1.807) is 12.1 Å². The molecular formula is C20H26ClF2N5O. The second-order valence-corrected chi connectivity index (χ2v) is 6.98. The van der Waals surface area contributed by atoms with Gasteiger partial charge in [-0.2, -0.15) is 0 Å². The molecule has 1 aromatic carbocycles. The zero-order valence-corrected chi connectivity index (χ0v) is 17.2. The van der Waals surface area contributed by atoms with E-state index >= 15 is 0 Å². The number of hydrogen-bond donors (Lipinski definition) is 1. The van der Waals surface area contributed by atoms with Crippen molar-refractivity contribution < 1.29 is 13.6 Å². The van der Waals surface area contributed by atoms with Crippen molar-refractivity contribution in [2.75, 3.05) is 37.6 Å². The van der Waals surface area contributed by atoms with E-state index in [1.807, 2.05) is 0 Å². The molecule has 1 aromatic heterocycles. The molecule has 0 spiro atoms. The van der Waals surface area contributed by atoms with E-state index in [0.717, 1.165) is 51.1 Å². The van der Waals surface area contributed by atoms with Gasteiger partial charge in [0, 0.05) is 33.1 Å². The number of nitrogens with one attached hydrogen (secondary N) is 1. The van der Waals surface area contributed by atoms with Crippen LogP contribution in [0.4, 0.5) is 14.7 Å². The standard InChI is InChI=1S/C20H25F2N5O.ClH/c1-15(28)25-19(16-4-6-17(21)7-5-16)3-2-8-26-9-11-27(12-10-26)20-23-13-18(22)14-24-20;/h4-7,13-14,19H,2-3,8-12H2,1H3,(H,25,28);1H. The van der Waals surface area contributed by atoms with E-state index in [9.17, 15) is 13.6 Å². The number of halogens is 3. The van der Waals surface area contributed by atoms with Crippen molar-refractivity contribution in [3.8, 4) is 0 Å². The van der Waals surface area contributed by atoms with Gasteiger partial charge in [-0.1, -0.05) is 12.1 Å². The number of aromatic nitrogens is 2. The minimum absolute atomic E-state index is 0. The highest BCUT2D eigenvalue weighted by molar-refractivity contribution is 5.85. The third-order valence-corrected chi connectivity index (χ3v) is 4.88. The fourth-order valence-corrected chi connectivity index (χ4v) is 3.42. The van der Waals surface area contributed by atoms with Gasteiger partial charge >= 0.3 is 0 Å². The van der Waals surface area contributed by atoms with Crippen LogP contribution in [-0.2, 0) is 4.79 Å². The van der Waals surface area contributed by atoms with Crippen LogP contribution in [0.5, 0.6) is 0 Å². The van der Waals surface area contributed by atoms with Gasteiger partial charge in [0.25, 0.3) is 0 Å². The summed E-state index contributed by atoms with van der Waals surface area (Å²) in [6.07, 6.45) is 4.07. The lowest BCUT2D eigenvalue weighted by Crippen LogP contribution is -2.47. The molecule has 0 bridgehead atoms. The fraction of sp³-hybridized carbons (Fsp3) is 0.450. The van der Waals surface area contributed by atoms with Crippen LogP contribution in [0, 0.1) is 11.6 Å². The fourth-order valence-electron chi connectivity index (χ4n) is 3.42. The quantitative estimate of drug-likeness (QED) is 0.739. The Balaban J connectivity index is 0.00000300. The van der Waals surface area contributed by atoms with Crippen molar-refractivity contribution in [3.63, 3.8) is 0 Å². The molecule has 1 atom stereocenters. The average Bonchev–Trinajstić information content (AvgIpc) is 2.69. The van der Waals surface area contributed by atoms with E-state index in [4.69, 9.17) is 0 Å². The molecule has 1 aliphatic heterocycles. The third-order valence-electron chi connectivity index (χ3n) is 4.88. The summed E-state index contributed by atoms with van der Waals surface area (Å²) in [4.78, 5) is 24.0. The number of carbonyl (C=O) groups is 1. The van der Waals surface area contributed by atoms with Crippen LogP contribution >= 0.6 is 12.4 Å². The summed E-state index contributed by atoms with van der Waals surface area (Å²) in [6.45, 7) is 5.74. The molecule has 1 N–H and O–H groups in total. The number of rotatable bonds is 7. The van der Waals surface area contributed by atoms with Gasteiger partial charge in [-0.05, 0) is 37.1 Å². The molecule has 0 radical (unpaired) electrons. The number of piperazine rings is 1. The Labute approximate surface area is 175 Å². The Morgan fingerprint density at radius 2 is 1.69 bits per heavy atom. The van der Waals surface area contributed by atoms with Gasteiger partial charge in [0.15, 0.2) is 5.82 Å². The van der Waals surface area contributed by atoms with Crippen molar-refractivity contribution in [3.05, 3.63) is 53.9 Å². The van der Waals surface area contributed by atoms with Gasteiger partial charge in [-0.3, -0.25) is 9.69 Å². The highest BCUT2D eigenvalue weighted by atomic mass is 35.5. The number of amides is 1. The molecule has 6 nitrogen and oxygen atoms in total. The summed E-state index contributed by atoms with van der Waals surface area (Å²) >= 11 is 0. The van der Waals surface area contributed by atoms with Gasteiger partial charge in [0.05, 0.1) is 18.4 Å². The second kappa shape index (κ2) is 11.0. The second-order valence-electron chi connectivity index (χ2n) is 6.98. The van der Waals surface area contributed by atoms with Crippen LogP contribution in [0.25, 0.3) is 0 Å². The molecule has 2 heterocycles. The molecule has 1 fully saturated rings. The van der Waals surface area contributed by atoms with Crippen LogP contribution in [0.3, 0.4) is 0 Å². The summed E-state index contributed by atoms with van der Waals surface area (Å²) in [5.41, 5.74) is 0.912. The maximum atomic E-state index is 13.2. The van der Waals surface area contributed by atoms with Crippen molar-refractivity contribution in [2.45, 2.75) is 25.8 Å². The van der Waals surface area contributed by atoms with Crippen molar-refractivity contribution in [2.24, 2.45) is 0 Å². The van der Waals surface area contributed by atoms with Crippen molar-refractivity contribution in [1.82, 2.24) is 20.2 Å². The molecule has 1 unspecified atom stereocenters. The van der Waals surface area contributed by atoms with Crippen molar-refractivity contribution in [1.29, 1.82) is 0 Å². The lowest BCUT2D eigenvalue weighted by atomic mass is 10.0. The van der Waals surface area contributed by atoms with Gasteiger partial charge in [0.1, 0.15) is 5.82 Å². The number of hydrogen-bond acceptors (Lipinski definition) is 5. The average molecular weight is 426 g/mol. The minimum atomic E-state index is -0.433. The largest absolute Gasteiger partial charge is 0.350 e. The first-order valence-electron chi connectivity index (χ1n) is 9.48. The number of nitrogens with zero attached hydrogens (tertiary/aromatic N) is 4. The molecule has 0 aliphatic carbocycles. The third kappa shape index (κ3) is 6.90. The lowest BCUT2D eigenvalue weighted by molar-refractivity contribution is -0.119. The van der Waals surface area contributed by atoms with Crippen LogP contribution in [0.2, 0.25) is 0 Å². The molecule has 1 saturated heterocycles. The molecule has 1 aliphatic rings. The SMILES string of the molecule is CC(=O)NC(CCCN1CCN(c2ncc(F)cn2)CC1)c1ccc(F)cc1.Cl. The molecular weight excluding hydrogens is 400 g/mol. The predicted molar refractivity (Wildman–Crippen MR) is 110 cm³/mol. The first-order valence-corrected chi connectivity index (χ1v) is 9.48. The maximum absolute atomic E-state index is 13.2. The summed E-state index contributed by atoms with van der Waals surface area (Å²) in [6, 6.07) is 6.16. The smallest absolute Gasteiger partial charge is 0.225 e. The van der Waals surface area contributed by atoms with E-state index in [2.05, 4.69) is 25.1 Å². The van der Waals surface area contributed by atoms with Gasteiger partial charge in [-0.15, -0.1) is 12.4 Å². The van der Waals surface area contributed by atoms with Crippen LogP contribution in [-0.4, -0.2) is 53.5 Å². The summed E-state index contributed by atoms with van der Waals surface area (Å²) in [5, 5.41) is 2.95. The Kier molecular flexibility index (Phi) is 8.72. The Morgan fingerprint density at radius 1 is 1.07 bits per heavy atom. The maximum Gasteiger partial charge on any atom is 0.225 e. The first-order chi connectivity index (χ1) is 13.5. The molecule has 1 amide bonds. The zero-order valence-electron chi connectivity index (χ0n) is 16.4. The zero-order chi connectivity index (χ0) is 19.9. The van der Waals surface area contributed by atoms with Gasteiger partial charge in [-0.25, -0.2) is 18.7 Å². The van der Waals surface area contributed by atoms with E-state index < -0.39 is 5.82 Å². The predicted octanol–water partition coefficient (Wildman–Crippen LogP) is 2.96. The molecule has 3 rings (SSSR count). The monoisotopic (exact) mass is 425 g/mol. The topological polar surface area (TPSA) is 61.4 Å². The Hall–Kier alpha value is -2.32. The highest BCUT2D eigenvalue weighted by Crippen LogP contribution is 2.20.